The van der Waals surface area contributed by atoms with Crippen molar-refractivity contribution in [3.8, 4) is 0 Å². The Labute approximate surface area is 240 Å². The van der Waals surface area contributed by atoms with Crippen LogP contribution in [0.15, 0.2) is 89.5 Å². The fraction of sp³-hybridized carbons (Fsp3) is 0.312. The normalized spacial score (nSPS) is 13.9. The molecule has 0 radical (unpaired) electrons. The Hall–Kier alpha value is -3.81. The third-order valence-corrected chi connectivity index (χ3v) is 7.60. The fourth-order valence-corrected chi connectivity index (χ4v) is 5.34. The number of amides is 2. The van der Waals surface area contributed by atoms with Crippen molar-refractivity contribution in [3.05, 3.63) is 118 Å². The maximum atomic E-state index is 13.3. The van der Waals surface area contributed by atoms with Crippen molar-refractivity contribution in [1.29, 1.82) is 0 Å². The van der Waals surface area contributed by atoms with Crippen LogP contribution in [-0.2, 0) is 19.6 Å². The van der Waals surface area contributed by atoms with Crippen molar-refractivity contribution in [2.75, 3.05) is 32.7 Å². The van der Waals surface area contributed by atoms with Crippen LogP contribution in [-0.4, -0.2) is 63.8 Å². The van der Waals surface area contributed by atoms with Crippen LogP contribution in [0.1, 0.15) is 51.3 Å². The van der Waals surface area contributed by atoms with Gasteiger partial charge in [0.2, 0.25) is 0 Å². The highest BCUT2D eigenvalue weighted by Crippen LogP contribution is 2.20. The number of nitrogens with zero attached hydrogens (tertiary/aromatic N) is 4. The van der Waals surface area contributed by atoms with E-state index in [9.17, 15) is 9.59 Å². The van der Waals surface area contributed by atoms with E-state index in [1.54, 1.807) is 18.2 Å². The van der Waals surface area contributed by atoms with Crippen molar-refractivity contribution >= 4 is 23.4 Å². The van der Waals surface area contributed by atoms with Crippen LogP contribution in [0.3, 0.4) is 0 Å². The van der Waals surface area contributed by atoms with Crippen molar-refractivity contribution in [2.24, 2.45) is 0 Å². The van der Waals surface area contributed by atoms with E-state index in [-0.39, 0.29) is 11.8 Å². The molecule has 0 spiro atoms. The van der Waals surface area contributed by atoms with Gasteiger partial charge in [-0.1, -0.05) is 61.0 Å². The van der Waals surface area contributed by atoms with Gasteiger partial charge in [0.25, 0.3) is 11.8 Å². The Morgan fingerprint density at radius 2 is 1.62 bits per heavy atom. The van der Waals surface area contributed by atoms with Crippen molar-refractivity contribution in [2.45, 2.75) is 33.0 Å². The molecule has 2 amide bonds. The van der Waals surface area contributed by atoms with Crippen LogP contribution < -0.4 is 0 Å². The topological polar surface area (TPSA) is 61.9 Å². The number of hydrogen-bond donors (Lipinski definition) is 0. The first-order chi connectivity index (χ1) is 19.5. The number of rotatable bonds is 10. The summed E-state index contributed by atoms with van der Waals surface area (Å²) < 4.78 is 8.06. The Balaban J connectivity index is 1.19. The summed E-state index contributed by atoms with van der Waals surface area (Å²) in [5.74, 6) is 0.900. The summed E-state index contributed by atoms with van der Waals surface area (Å²) >= 11 is 6.31. The Bertz CT molecular complexity index is 1420. The molecule has 208 valence electrons. The predicted octanol–water partition coefficient (Wildman–Crippen LogP) is 5.79. The van der Waals surface area contributed by atoms with E-state index < -0.39 is 0 Å². The maximum absolute atomic E-state index is 13.3. The third-order valence-electron chi connectivity index (χ3n) is 7.27. The van der Waals surface area contributed by atoms with Crippen LogP contribution >= 0.6 is 11.6 Å². The monoisotopic (exact) mass is 558 g/mol. The lowest BCUT2D eigenvalue weighted by Gasteiger charge is -2.34. The van der Waals surface area contributed by atoms with Gasteiger partial charge in [0.15, 0.2) is 5.76 Å². The minimum absolute atomic E-state index is 0.0715. The average molecular weight is 559 g/mol. The number of hydrogen-bond acceptors (Lipinski definition) is 4. The summed E-state index contributed by atoms with van der Waals surface area (Å²) in [6.45, 7) is 7.51. The molecule has 1 saturated heterocycles. The van der Waals surface area contributed by atoms with Gasteiger partial charge in [-0.25, -0.2) is 0 Å². The standard InChI is InChI=1S/C32H35ClN4O3/c1-2-16-37(31(38)28-12-6-7-13-29(28)33)23-26-11-8-17-36(26)24-27-14-15-30(40-27)32(39)35-20-18-34(19-21-35)22-25-9-4-3-5-10-25/h3-15,17H,2,16,18-24H2,1H3. The van der Waals surface area contributed by atoms with Gasteiger partial charge in [-0.05, 0) is 48.4 Å². The van der Waals surface area contributed by atoms with E-state index in [1.165, 1.54) is 5.56 Å². The second-order valence-corrected chi connectivity index (χ2v) is 10.6. The number of carbonyl (C=O) groups is 2. The van der Waals surface area contributed by atoms with Gasteiger partial charge in [-0.2, -0.15) is 0 Å². The highest BCUT2D eigenvalue weighted by Gasteiger charge is 2.25. The number of furan rings is 1. The van der Waals surface area contributed by atoms with Gasteiger partial charge in [-0.15, -0.1) is 0 Å². The summed E-state index contributed by atoms with van der Waals surface area (Å²) in [5, 5.41) is 0.453. The van der Waals surface area contributed by atoms with E-state index in [0.717, 1.165) is 31.7 Å². The molecule has 40 heavy (non-hydrogen) atoms. The average Bonchev–Trinajstić information content (AvgIpc) is 3.63. The molecule has 0 N–H and O–H groups in total. The van der Waals surface area contributed by atoms with Crippen LogP contribution in [0.5, 0.6) is 0 Å². The lowest BCUT2D eigenvalue weighted by atomic mass is 10.2. The zero-order chi connectivity index (χ0) is 27.9. The maximum Gasteiger partial charge on any atom is 0.289 e. The molecular weight excluding hydrogens is 524 g/mol. The van der Waals surface area contributed by atoms with Crippen LogP contribution in [0.4, 0.5) is 0 Å². The first kappa shape index (κ1) is 27.7. The molecule has 1 fully saturated rings. The number of carbonyl (C=O) groups excluding carboxylic acids is 2. The number of benzene rings is 2. The highest BCUT2D eigenvalue weighted by molar-refractivity contribution is 6.33. The fourth-order valence-electron chi connectivity index (χ4n) is 5.12. The molecule has 1 aliphatic rings. The van der Waals surface area contributed by atoms with Crippen molar-refractivity contribution in [3.63, 3.8) is 0 Å². The van der Waals surface area contributed by atoms with Gasteiger partial charge < -0.3 is 18.8 Å². The zero-order valence-corrected chi connectivity index (χ0v) is 23.6. The summed E-state index contributed by atoms with van der Waals surface area (Å²) in [6, 6.07) is 25.2. The molecule has 0 bridgehead atoms. The van der Waals surface area contributed by atoms with Gasteiger partial charge in [-0.3, -0.25) is 14.5 Å². The molecular formula is C32H35ClN4O3. The summed E-state index contributed by atoms with van der Waals surface area (Å²) in [4.78, 5) is 32.5. The molecule has 5 rings (SSSR count). The third kappa shape index (κ3) is 6.66. The number of aromatic nitrogens is 1. The molecule has 3 heterocycles. The Morgan fingerprint density at radius 3 is 2.38 bits per heavy atom. The van der Waals surface area contributed by atoms with E-state index >= 15 is 0 Å². The Morgan fingerprint density at radius 1 is 0.875 bits per heavy atom. The summed E-state index contributed by atoms with van der Waals surface area (Å²) in [7, 11) is 0. The van der Waals surface area contributed by atoms with Gasteiger partial charge >= 0.3 is 0 Å². The molecule has 1 aliphatic heterocycles. The minimum Gasteiger partial charge on any atom is -0.454 e. The Kier molecular flexibility index (Phi) is 9.04. The van der Waals surface area contributed by atoms with Crippen LogP contribution in [0.2, 0.25) is 5.02 Å². The van der Waals surface area contributed by atoms with E-state index in [1.807, 2.05) is 52.4 Å². The lowest BCUT2D eigenvalue weighted by molar-refractivity contribution is 0.0595. The molecule has 0 atom stereocenters. The first-order valence-corrected chi connectivity index (χ1v) is 14.2. The number of piperazine rings is 1. The van der Waals surface area contributed by atoms with Crippen LogP contribution in [0, 0.1) is 0 Å². The summed E-state index contributed by atoms with van der Waals surface area (Å²) in [5.41, 5.74) is 2.77. The molecule has 4 aromatic rings. The largest absolute Gasteiger partial charge is 0.454 e. The molecule has 2 aromatic heterocycles. The van der Waals surface area contributed by atoms with Gasteiger partial charge in [0.1, 0.15) is 5.76 Å². The second-order valence-electron chi connectivity index (χ2n) is 10.2. The predicted molar refractivity (Wildman–Crippen MR) is 156 cm³/mol. The molecule has 8 heteroatoms. The molecule has 2 aromatic carbocycles. The van der Waals surface area contributed by atoms with Crippen molar-refractivity contribution in [1.82, 2.24) is 19.3 Å². The second kappa shape index (κ2) is 13.0. The van der Waals surface area contributed by atoms with E-state index in [2.05, 4.69) is 40.7 Å². The number of halogens is 1. The minimum atomic E-state index is -0.0880. The molecule has 7 nitrogen and oxygen atoms in total. The quantitative estimate of drug-likeness (QED) is 0.247. The highest BCUT2D eigenvalue weighted by atomic mass is 35.5. The molecule has 0 unspecified atom stereocenters. The molecule has 0 aliphatic carbocycles. The first-order valence-electron chi connectivity index (χ1n) is 13.8. The SMILES string of the molecule is CCCN(Cc1cccn1Cc1ccc(C(=O)N2CCN(Cc3ccccc3)CC2)o1)C(=O)c1ccccc1Cl. The summed E-state index contributed by atoms with van der Waals surface area (Å²) in [6.07, 6.45) is 2.80. The van der Waals surface area contributed by atoms with Gasteiger partial charge in [0.05, 0.1) is 23.7 Å². The zero-order valence-electron chi connectivity index (χ0n) is 22.8. The van der Waals surface area contributed by atoms with E-state index in [0.29, 0.717) is 54.8 Å². The smallest absolute Gasteiger partial charge is 0.289 e. The molecule has 0 saturated carbocycles. The van der Waals surface area contributed by atoms with Crippen LogP contribution in [0.25, 0.3) is 0 Å². The lowest BCUT2D eigenvalue weighted by Crippen LogP contribution is -2.48. The van der Waals surface area contributed by atoms with Gasteiger partial charge in [0, 0.05) is 51.2 Å². The van der Waals surface area contributed by atoms with Crippen molar-refractivity contribution < 1.29 is 14.0 Å². The van der Waals surface area contributed by atoms with E-state index in [4.69, 9.17) is 16.0 Å².